The maximum atomic E-state index is 10.5. The summed E-state index contributed by atoms with van der Waals surface area (Å²) >= 11 is 0. The van der Waals surface area contributed by atoms with E-state index in [1.54, 1.807) is 0 Å². The van der Waals surface area contributed by atoms with E-state index < -0.39 is 29.9 Å². The zero-order valence-electron chi connectivity index (χ0n) is 5.89. The minimum Gasteiger partial charge on any atom is -0.481 e. The monoisotopic (exact) mass is 174 g/mol. The van der Waals surface area contributed by atoms with Crippen molar-refractivity contribution in [3.8, 4) is 0 Å². The van der Waals surface area contributed by atoms with Gasteiger partial charge in [0.1, 0.15) is 5.92 Å². The average Bonchev–Trinajstić information content (AvgIpc) is 2.31. The summed E-state index contributed by atoms with van der Waals surface area (Å²) in [6.45, 7) is 0. The molecule has 12 heavy (non-hydrogen) atoms. The van der Waals surface area contributed by atoms with Crippen molar-refractivity contribution in [3.63, 3.8) is 0 Å². The van der Waals surface area contributed by atoms with Crippen molar-refractivity contribution in [1.29, 1.82) is 0 Å². The van der Waals surface area contributed by atoms with Gasteiger partial charge in [-0.3, -0.25) is 9.59 Å². The number of aliphatic carboxylic acids is 2. The third kappa shape index (κ3) is 1.36. The molecule has 0 amide bonds. The molecule has 0 radical (unpaired) electrons. The Kier molecular flexibility index (Phi) is 1.99. The molecule has 0 saturated carbocycles. The van der Waals surface area contributed by atoms with Crippen LogP contribution in [0, 0.1) is 5.92 Å². The highest BCUT2D eigenvalue weighted by Gasteiger charge is 2.44. The molecule has 0 bridgehead atoms. The van der Waals surface area contributed by atoms with Crippen LogP contribution in [-0.2, 0) is 19.1 Å². The standard InChI is InChI=1S/C6H6O6/c7-3-1-2(5(8)9)4(12-3)6(10)11/h2,4H,1H2,(H,8,9)(H,10,11)/t2-,4+/m1/s1. The second-order valence-electron chi connectivity index (χ2n) is 2.40. The summed E-state index contributed by atoms with van der Waals surface area (Å²) in [7, 11) is 0. The third-order valence-electron chi connectivity index (χ3n) is 1.57. The van der Waals surface area contributed by atoms with Gasteiger partial charge in [0.25, 0.3) is 0 Å². The predicted octanol–water partition coefficient (Wildman–Crippen LogP) is -0.913. The van der Waals surface area contributed by atoms with Crippen LogP contribution in [0.25, 0.3) is 0 Å². The summed E-state index contributed by atoms with van der Waals surface area (Å²) < 4.78 is 4.28. The molecule has 1 aliphatic rings. The fourth-order valence-corrected chi connectivity index (χ4v) is 0.998. The smallest absolute Gasteiger partial charge is 0.345 e. The molecule has 6 nitrogen and oxygen atoms in total. The molecule has 2 atom stereocenters. The maximum absolute atomic E-state index is 10.5. The van der Waals surface area contributed by atoms with E-state index in [1.165, 1.54) is 0 Å². The summed E-state index contributed by atoms with van der Waals surface area (Å²) in [6.07, 6.45) is -1.90. The quantitative estimate of drug-likeness (QED) is 0.525. The Hall–Kier alpha value is -1.59. The Morgan fingerprint density at radius 2 is 1.92 bits per heavy atom. The Morgan fingerprint density at radius 1 is 1.33 bits per heavy atom. The first-order valence-corrected chi connectivity index (χ1v) is 3.17. The molecule has 1 rings (SSSR count). The number of ether oxygens (including phenoxy) is 1. The molecule has 0 spiro atoms. The summed E-state index contributed by atoms with van der Waals surface area (Å²) in [4.78, 5) is 31.2. The zero-order chi connectivity index (χ0) is 9.30. The van der Waals surface area contributed by atoms with Gasteiger partial charge in [-0.25, -0.2) is 4.79 Å². The van der Waals surface area contributed by atoms with E-state index in [2.05, 4.69) is 4.74 Å². The highest BCUT2D eigenvalue weighted by molar-refractivity contribution is 5.90. The molecule has 1 saturated heterocycles. The molecule has 66 valence electrons. The number of esters is 1. The second-order valence-corrected chi connectivity index (χ2v) is 2.40. The Bertz CT molecular complexity index is 220. The lowest BCUT2D eigenvalue weighted by atomic mass is 10.0. The molecule has 0 aromatic heterocycles. The minimum atomic E-state index is -1.53. The van der Waals surface area contributed by atoms with E-state index in [0.29, 0.717) is 0 Å². The van der Waals surface area contributed by atoms with Gasteiger partial charge in [-0.2, -0.15) is 0 Å². The molecule has 2 N–H and O–H groups in total. The van der Waals surface area contributed by atoms with Crippen molar-refractivity contribution >= 4 is 17.9 Å². The van der Waals surface area contributed by atoms with E-state index in [-0.39, 0.29) is 6.42 Å². The van der Waals surface area contributed by atoms with Gasteiger partial charge in [0.2, 0.25) is 6.10 Å². The number of cyclic esters (lactones) is 1. The Labute approximate surface area is 66.7 Å². The van der Waals surface area contributed by atoms with Crippen LogP contribution in [0.2, 0.25) is 0 Å². The Morgan fingerprint density at radius 3 is 2.25 bits per heavy atom. The van der Waals surface area contributed by atoms with Crippen LogP contribution < -0.4 is 0 Å². The number of hydrogen-bond donors (Lipinski definition) is 2. The molecule has 0 aromatic carbocycles. The molecule has 1 fully saturated rings. The van der Waals surface area contributed by atoms with Gasteiger partial charge in [-0.1, -0.05) is 0 Å². The van der Waals surface area contributed by atoms with E-state index in [0.717, 1.165) is 0 Å². The summed E-state index contributed by atoms with van der Waals surface area (Å²) in [5.41, 5.74) is 0. The van der Waals surface area contributed by atoms with E-state index in [1.807, 2.05) is 0 Å². The van der Waals surface area contributed by atoms with Crippen LogP contribution in [0.4, 0.5) is 0 Å². The number of carboxylic acid groups (broad SMARTS) is 2. The van der Waals surface area contributed by atoms with Crippen LogP contribution in [0.1, 0.15) is 6.42 Å². The maximum Gasteiger partial charge on any atom is 0.345 e. The third-order valence-corrected chi connectivity index (χ3v) is 1.57. The SMILES string of the molecule is O=C1C[C@@H](C(=O)O)[C@@H](C(=O)O)O1. The average molecular weight is 174 g/mol. The molecule has 6 heteroatoms. The van der Waals surface area contributed by atoms with Crippen LogP contribution in [0.15, 0.2) is 0 Å². The van der Waals surface area contributed by atoms with E-state index in [9.17, 15) is 14.4 Å². The second kappa shape index (κ2) is 2.80. The van der Waals surface area contributed by atoms with Gasteiger partial charge in [-0.15, -0.1) is 0 Å². The van der Waals surface area contributed by atoms with E-state index in [4.69, 9.17) is 10.2 Å². The number of rotatable bonds is 2. The van der Waals surface area contributed by atoms with Crippen molar-refractivity contribution in [2.75, 3.05) is 0 Å². The Balaban J connectivity index is 2.79. The normalized spacial score (nSPS) is 28.2. The zero-order valence-corrected chi connectivity index (χ0v) is 5.89. The van der Waals surface area contributed by atoms with Crippen molar-refractivity contribution in [2.24, 2.45) is 5.92 Å². The fraction of sp³-hybridized carbons (Fsp3) is 0.500. The first-order chi connectivity index (χ1) is 5.52. The van der Waals surface area contributed by atoms with Gasteiger partial charge in [0.15, 0.2) is 0 Å². The highest BCUT2D eigenvalue weighted by atomic mass is 16.6. The highest BCUT2D eigenvalue weighted by Crippen LogP contribution is 2.22. The molecule has 0 aliphatic carbocycles. The lowest BCUT2D eigenvalue weighted by Crippen LogP contribution is -2.31. The number of carboxylic acids is 2. The number of carbonyl (C=O) groups is 3. The lowest BCUT2D eigenvalue weighted by Gasteiger charge is -2.07. The number of hydrogen-bond acceptors (Lipinski definition) is 4. The van der Waals surface area contributed by atoms with Gasteiger partial charge in [0, 0.05) is 0 Å². The first kappa shape index (κ1) is 8.51. The molecule has 1 aliphatic heterocycles. The van der Waals surface area contributed by atoms with E-state index >= 15 is 0 Å². The van der Waals surface area contributed by atoms with Crippen LogP contribution >= 0.6 is 0 Å². The largest absolute Gasteiger partial charge is 0.481 e. The molecular formula is C6H6O6. The first-order valence-electron chi connectivity index (χ1n) is 3.17. The van der Waals surface area contributed by atoms with Crippen molar-refractivity contribution < 1.29 is 29.3 Å². The van der Waals surface area contributed by atoms with Gasteiger partial charge >= 0.3 is 17.9 Å². The minimum absolute atomic E-state index is 0.369. The number of carbonyl (C=O) groups excluding carboxylic acids is 1. The lowest BCUT2D eigenvalue weighted by molar-refractivity contribution is -0.161. The summed E-state index contributed by atoms with van der Waals surface area (Å²) in [5.74, 6) is -4.79. The van der Waals surface area contributed by atoms with Crippen molar-refractivity contribution in [2.45, 2.75) is 12.5 Å². The van der Waals surface area contributed by atoms with Crippen LogP contribution in [-0.4, -0.2) is 34.2 Å². The van der Waals surface area contributed by atoms with Gasteiger partial charge in [-0.05, 0) is 0 Å². The molecule has 0 aromatic rings. The van der Waals surface area contributed by atoms with Gasteiger partial charge < -0.3 is 14.9 Å². The summed E-state index contributed by atoms with van der Waals surface area (Å²) in [6, 6.07) is 0. The topological polar surface area (TPSA) is 101 Å². The van der Waals surface area contributed by atoms with Crippen molar-refractivity contribution in [1.82, 2.24) is 0 Å². The van der Waals surface area contributed by atoms with Crippen molar-refractivity contribution in [3.05, 3.63) is 0 Å². The molecular weight excluding hydrogens is 168 g/mol. The van der Waals surface area contributed by atoms with Crippen LogP contribution in [0.3, 0.4) is 0 Å². The predicted molar refractivity (Wildman–Crippen MR) is 33.3 cm³/mol. The molecule has 0 unspecified atom stereocenters. The molecule has 1 heterocycles. The van der Waals surface area contributed by atoms with Gasteiger partial charge in [0.05, 0.1) is 6.42 Å². The fourth-order valence-electron chi connectivity index (χ4n) is 0.998. The summed E-state index contributed by atoms with van der Waals surface area (Å²) in [5, 5.41) is 16.9. The van der Waals surface area contributed by atoms with Crippen LogP contribution in [0.5, 0.6) is 0 Å².